The fourth-order valence-electron chi connectivity index (χ4n) is 2.22. The summed E-state index contributed by atoms with van der Waals surface area (Å²) in [5, 5.41) is 2.63. The zero-order valence-corrected chi connectivity index (χ0v) is 11.0. The summed E-state index contributed by atoms with van der Waals surface area (Å²) in [5.74, 6) is 0.671. The molecule has 1 fully saturated rings. The zero-order chi connectivity index (χ0) is 13.0. The maximum atomic E-state index is 11.5. The van der Waals surface area contributed by atoms with E-state index in [1.54, 1.807) is 0 Å². The Balaban J connectivity index is 2.54. The van der Waals surface area contributed by atoms with Crippen molar-refractivity contribution in [3.63, 3.8) is 0 Å². The molecule has 3 atom stereocenters. The Morgan fingerprint density at radius 2 is 1.88 bits per heavy atom. The number of amides is 1. The number of carbonyl (C=O) groups is 2. The van der Waals surface area contributed by atoms with Crippen molar-refractivity contribution in [3.8, 4) is 0 Å². The number of likely N-dealkylation sites (tertiary alicyclic amines) is 1. The highest BCUT2D eigenvalue weighted by molar-refractivity contribution is 5.83. The first-order chi connectivity index (χ1) is 7.93. The standard InChI is InChI=1S/C12H22N2O3/c1-8-5-14(6-9(8)2)7-11(12(16)17-4)13-10(3)15/h8-9,11H,5-7H2,1-4H3,(H,13,15). The second-order valence-electron chi connectivity index (χ2n) is 4.95. The Morgan fingerprint density at radius 3 is 2.29 bits per heavy atom. The first-order valence-electron chi connectivity index (χ1n) is 6.01. The van der Waals surface area contributed by atoms with E-state index >= 15 is 0 Å². The third kappa shape index (κ3) is 4.00. The molecule has 1 N–H and O–H groups in total. The lowest BCUT2D eigenvalue weighted by molar-refractivity contribution is -0.145. The molecule has 0 aromatic carbocycles. The van der Waals surface area contributed by atoms with E-state index in [4.69, 9.17) is 4.74 Å². The Morgan fingerprint density at radius 1 is 1.35 bits per heavy atom. The van der Waals surface area contributed by atoms with Gasteiger partial charge >= 0.3 is 5.97 Å². The van der Waals surface area contributed by atoms with Crippen LogP contribution in [0.25, 0.3) is 0 Å². The van der Waals surface area contributed by atoms with E-state index in [2.05, 4.69) is 24.1 Å². The van der Waals surface area contributed by atoms with Gasteiger partial charge in [0, 0.05) is 26.6 Å². The number of hydrogen-bond acceptors (Lipinski definition) is 4. The molecule has 17 heavy (non-hydrogen) atoms. The van der Waals surface area contributed by atoms with Crippen molar-refractivity contribution >= 4 is 11.9 Å². The SMILES string of the molecule is COC(=O)C(CN1CC(C)C(C)C1)NC(C)=O. The molecule has 5 heteroatoms. The first-order valence-corrected chi connectivity index (χ1v) is 6.01. The maximum Gasteiger partial charge on any atom is 0.329 e. The van der Waals surface area contributed by atoms with Gasteiger partial charge in [-0.05, 0) is 11.8 Å². The molecule has 0 spiro atoms. The molecule has 1 aliphatic rings. The highest BCUT2D eigenvalue weighted by Gasteiger charge is 2.30. The van der Waals surface area contributed by atoms with E-state index in [1.165, 1.54) is 14.0 Å². The number of carbonyl (C=O) groups excluding carboxylic acids is 2. The zero-order valence-electron chi connectivity index (χ0n) is 11.0. The molecule has 0 radical (unpaired) electrons. The average Bonchev–Trinajstić information content (AvgIpc) is 2.55. The average molecular weight is 242 g/mol. The summed E-state index contributed by atoms with van der Waals surface area (Å²) in [7, 11) is 1.34. The molecule has 1 saturated heterocycles. The second kappa shape index (κ2) is 6.00. The van der Waals surface area contributed by atoms with E-state index in [1.807, 2.05) is 0 Å². The number of esters is 1. The van der Waals surface area contributed by atoms with Crippen LogP contribution in [-0.2, 0) is 14.3 Å². The van der Waals surface area contributed by atoms with Crippen LogP contribution in [0.5, 0.6) is 0 Å². The van der Waals surface area contributed by atoms with Gasteiger partial charge in [-0.3, -0.25) is 4.79 Å². The second-order valence-corrected chi connectivity index (χ2v) is 4.95. The number of methoxy groups -OCH3 is 1. The predicted octanol–water partition coefficient (Wildman–Crippen LogP) is 0.252. The summed E-state index contributed by atoms with van der Waals surface area (Å²) in [5.41, 5.74) is 0. The molecule has 0 saturated carbocycles. The molecule has 0 aromatic heterocycles. The predicted molar refractivity (Wildman–Crippen MR) is 64.4 cm³/mol. The van der Waals surface area contributed by atoms with Crippen LogP contribution in [0.15, 0.2) is 0 Å². The third-order valence-electron chi connectivity index (χ3n) is 3.37. The summed E-state index contributed by atoms with van der Waals surface area (Å²) >= 11 is 0. The molecule has 1 aliphatic heterocycles. The van der Waals surface area contributed by atoms with Crippen molar-refractivity contribution in [1.82, 2.24) is 10.2 Å². The van der Waals surface area contributed by atoms with Crippen LogP contribution in [0, 0.1) is 11.8 Å². The smallest absolute Gasteiger partial charge is 0.329 e. The number of ether oxygens (including phenoxy) is 1. The third-order valence-corrected chi connectivity index (χ3v) is 3.37. The number of rotatable bonds is 4. The topological polar surface area (TPSA) is 58.6 Å². The molecule has 3 unspecified atom stereocenters. The number of hydrogen-bond donors (Lipinski definition) is 1. The van der Waals surface area contributed by atoms with Crippen LogP contribution in [0.3, 0.4) is 0 Å². The molecular formula is C12H22N2O3. The van der Waals surface area contributed by atoms with Gasteiger partial charge in [-0.25, -0.2) is 4.79 Å². The summed E-state index contributed by atoms with van der Waals surface area (Å²) < 4.78 is 4.70. The fourth-order valence-corrected chi connectivity index (χ4v) is 2.22. The van der Waals surface area contributed by atoms with Gasteiger partial charge < -0.3 is 15.0 Å². The summed E-state index contributed by atoms with van der Waals surface area (Å²) in [6.45, 7) is 8.28. The van der Waals surface area contributed by atoms with Crippen LogP contribution in [0.1, 0.15) is 20.8 Å². The van der Waals surface area contributed by atoms with Gasteiger partial charge in [-0.1, -0.05) is 13.8 Å². The highest BCUT2D eigenvalue weighted by Crippen LogP contribution is 2.21. The normalized spacial score (nSPS) is 26.6. The van der Waals surface area contributed by atoms with Crippen molar-refractivity contribution < 1.29 is 14.3 Å². The Hall–Kier alpha value is -1.10. The molecule has 98 valence electrons. The van der Waals surface area contributed by atoms with Crippen LogP contribution in [0.2, 0.25) is 0 Å². The molecule has 0 aliphatic carbocycles. The molecule has 1 amide bonds. The van der Waals surface area contributed by atoms with Gasteiger partial charge in [0.25, 0.3) is 0 Å². The fraction of sp³-hybridized carbons (Fsp3) is 0.833. The molecule has 0 aromatic rings. The van der Waals surface area contributed by atoms with E-state index in [0.29, 0.717) is 18.4 Å². The van der Waals surface area contributed by atoms with Crippen LogP contribution in [-0.4, -0.2) is 49.6 Å². The maximum absolute atomic E-state index is 11.5. The van der Waals surface area contributed by atoms with Crippen molar-refractivity contribution in [2.24, 2.45) is 11.8 Å². The lowest BCUT2D eigenvalue weighted by Crippen LogP contribution is -2.48. The Kier molecular flexibility index (Phi) is 4.93. The van der Waals surface area contributed by atoms with E-state index in [-0.39, 0.29) is 11.9 Å². The van der Waals surface area contributed by atoms with Gasteiger partial charge in [-0.15, -0.1) is 0 Å². The molecule has 0 bridgehead atoms. The van der Waals surface area contributed by atoms with E-state index in [0.717, 1.165) is 13.1 Å². The molecule has 5 nitrogen and oxygen atoms in total. The highest BCUT2D eigenvalue weighted by atomic mass is 16.5. The largest absolute Gasteiger partial charge is 0.467 e. The van der Waals surface area contributed by atoms with Crippen LogP contribution in [0.4, 0.5) is 0 Å². The minimum absolute atomic E-state index is 0.208. The van der Waals surface area contributed by atoms with Crippen molar-refractivity contribution in [1.29, 1.82) is 0 Å². The van der Waals surface area contributed by atoms with Gasteiger partial charge in [-0.2, -0.15) is 0 Å². The minimum atomic E-state index is -0.560. The Labute approximate surface area is 102 Å². The quantitative estimate of drug-likeness (QED) is 0.718. The van der Waals surface area contributed by atoms with Gasteiger partial charge in [0.05, 0.1) is 7.11 Å². The first kappa shape index (κ1) is 14.0. The summed E-state index contributed by atoms with van der Waals surface area (Å²) in [4.78, 5) is 24.8. The lowest BCUT2D eigenvalue weighted by Gasteiger charge is -2.22. The summed E-state index contributed by atoms with van der Waals surface area (Å²) in [6.07, 6.45) is 0. The van der Waals surface area contributed by atoms with Crippen molar-refractivity contribution in [2.75, 3.05) is 26.7 Å². The van der Waals surface area contributed by atoms with E-state index < -0.39 is 6.04 Å². The molecule has 1 rings (SSSR count). The summed E-state index contributed by atoms with van der Waals surface area (Å²) in [6, 6.07) is -0.560. The number of nitrogens with zero attached hydrogens (tertiary/aromatic N) is 1. The number of nitrogens with one attached hydrogen (secondary N) is 1. The van der Waals surface area contributed by atoms with Gasteiger partial charge in [0.2, 0.25) is 5.91 Å². The van der Waals surface area contributed by atoms with Gasteiger partial charge in [0.15, 0.2) is 0 Å². The molecule has 1 heterocycles. The van der Waals surface area contributed by atoms with E-state index in [9.17, 15) is 9.59 Å². The van der Waals surface area contributed by atoms with Crippen LogP contribution < -0.4 is 5.32 Å². The minimum Gasteiger partial charge on any atom is -0.467 e. The van der Waals surface area contributed by atoms with Crippen molar-refractivity contribution in [3.05, 3.63) is 0 Å². The van der Waals surface area contributed by atoms with Gasteiger partial charge in [0.1, 0.15) is 6.04 Å². The lowest BCUT2D eigenvalue weighted by atomic mass is 10.0. The van der Waals surface area contributed by atoms with Crippen molar-refractivity contribution in [2.45, 2.75) is 26.8 Å². The van der Waals surface area contributed by atoms with Crippen LogP contribution >= 0.6 is 0 Å². The monoisotopic (exact) mass is 242 g/mol. The molecular weight excluding hydrogens is 220 g/mol. The Bertz CT molecular complexity index is 283.